The summed E-state index contributed by atoms with van der Waals surface area (Å²) in [5, 5.41) is 11.2. The number of ether oxygens (including phenoxy) is 2. The van der Waals surface area contributed by atoms with E-state index < -0.39 is 29.6 Å². The van der Waals surface area contributed by atoms with E-state index in [1.165, 1.54) is 24.3 Å². The van der Waals surface area contributed by atoms with Crippen LogP contribution in [-0.4, -0.2) is 48.7 Å². The minimum Gasteiger partial charge on any atom is -0.493 e. The van der Waals surface area contributed by atoms with Crippen LogP contribution in [0.1, 0.15) is 43.2 Å². The highest BCUT2D eigenvalue weighted by molar-refractivity contribution is 5.42. The topological polar surface area (TPSA) is 41.9 Å². The Bertz CT molecular complexity index is 1000. The first-order chi connectivity index (χ1) is 17.0. The van der Waals surface area contributed by atoms with Crippen molar-refractivity contribution in [3.05, 3.63) is 59.7 Å². The molecule has 0 amide bonds. The van der Waals surface area contributed by atoms with Crippen LogP contribution >= 0.6 is 0 Å². The lowest BCUT2D eigenvalue weighted by molar-refractivity contribution is -0.275. The molecule has 0 bridgehead atoms. The van der Waals surface area contributed by atoms with Gasteiger partial charge >= 0.3 is 12.5 Å². The van der Waals surface area contributed by atoms with Gasteiger partial charge in [-0.15, -0.1) is 13.2 Å². The molecule has 2 atom stereocenters. The second-order valence-electron chi connectivity index (χ2n) is 9.67. The highest BCUT2D eigenvalue weighted by Crippen LogP contribution is 2.50. The average Bonchev–Trinajstić information content (AvgIpc) is 2.77. The van der Waals surface area contributed by atoms with E-state index in [0.717, 1.165) is 37.9 Å². The van der Waals surface area contributed by atoms with E-state index in [1.807, 2.05) is 0 Å². The summed E-state index contributed by atoms with van der Waals surface area (Å²) in [6.45, 7) is 1.99. The normalized spacial score (nSPS) is 21.5. The fourth-order valence-electron chi connectivity index (χ4n) is 5.26. The number of rotatable bonds is 8. The third-order valence-corrected chi connectivity index (χ3v) is 7.23. The van der Waals surface area contributed by atoms with Gasteiger partial charge in [0.25, 0.3) is 0 Å². The number of nitrogens with zero attached hydrogens (tertiary/aromatic N) is 1. The minimum absolute atomic E-state index is 0.117. The fraction of sp³-hybridized carbons (Fsp3) is 0.538. The first-order valence-corrected chi connectivity index (χ1v) is 12.0. The van der Waals surface area contributed by atoms with Gasteiger partial charge in [-0.25, -0.2) is 0 Å². The fourth-order valence-corrected chi connectivity index (χ4v) is 5.26. The minimum atomic E-state index is -4.82. The van der Waals surface area contributed by atoms with Crippen molar-refractivity contribution in [1.82, 2.24) is 4.90 Å². The molecule has 2 fully saturated rings. The number of halogens is 6. The number of benzene rings is 2. The Morgan fingerprint density at radius 2 is 1.67 bits per heavy atom. The van der Waals surface area contributed by atoms with E-state index in [0.29, 0.717) is 43.9 Å². The van der Waals surface area contributed by atoms with Crippen LogP contribution in [-0.2, 0) is 11.6 Å². The number of β-amino-alcohol motifs (C(OH)–C–C–N with tert-alkyl or cyclic N) is 1. The molecule has 198 valence electrons. The number of alkyl halides is 6. The second-order valence-corrected chi connectivity index (χ2v) is 9.67. The van der Waals surface area contributed by atoms with Crippen LogP contribution < -0.4 is 9.47 Å². The molecule has 4 nitrogen and oxygen atoms in total. The molecule has 1 saturated carbocycles. The average molecular weight is 518 g/mol. The molecule has 0 spiro atoms. The van der Waals surface area contributed by atoms with Crippen molar-refractivity contribution in [2.75, 3.05) is 26.2 Å². The zero-order chi connectivity index (χ0) is 26.0. The van der Waals surface area contributed by atoms with E-state index in [9.17, 15) is 31.4 Å². The number of piperidine rings is 1. The molecule has 1 heterocycles. The molecule has 1 saturated heterocycles. The van der Waals surface area contributed by atoms with Crippen molar-refractivity contribution >= 4 is 0 Å². The van der Waals surface area contributed by atoms with Crippen molar-refractivity contribution in [3.8, 4) is 11.5 Å². The summed E-state index contributed by atoms with van der Waals surface area (Å²) in [6.07, 6.45) is -6.42. The molecule has 36 heavy (non-hydrogen) atoms. The summed E-state index contributed by atoms with van der Waals surface area (Å²) < 4.78 is 87.1. The summed E-state index contributed by atoms with van der Waals surface area (Å²) in [5.41, 5.74) is -1.16. The van der Waals surface area contributed by atoms with Gasteiger partial charge in [-0.05, 0) is 62.6 Å². The van der Waals surface area contributed by atoms with E-state index in [2.05, 4.69) is 9.64 Å². The summed E-state index contributed by atoms with van der Waals surface area (Å²) in [7, 11) is 0. The standard InChI is InChI=1S/C26H29F6NO3/c27-25(28,29)19-8-10-20(11-9-19)35-17-18-5-3-14-33(15-18)16-23(34)24(12-4-13-24)21-6-1-2-7-22(21)36-26(30,31)32/h1-2,6-11,18,23,34H,3-5,12-17H2/t18-,23?/m0/s1. The molecule has 1 aliphatic carbocycles. The van der Waals surface area contributed by atoms with E-state index in [-0.39, 0.29) is 11.7 Å². The van der Waals surface area contributed by atoms with Gasteiger partial charge in [0.15, 0.2) is 0 Å². The molecule has 2 aliphatic rings. The predicted molar refractivity (Wildman–Crippen MR) is 121 cm³/mol. The van der Waals surface area contributed by atoms with E-state index in [1.54, 1.807) is 12.1 Å². The van der Waals surface area contributed by atoms with Crippen molar-refractivity contribution in [2.24, 2.45) is 5.92 Å². The maximum Gasteiger partial charge on any atom is 0.573 e. The van der Waals surface area contributed by atoms with E-state index >= 15 is 0 Å². The SMILES string of the molecule is OC(CN1CCC[C@H](COc2ccc(C(F)(F)F)cc2)C1)C1(c2ccccc2OC(F)(F)F)CCC1. The molecule has 1 N–H and O–H groups in total. The summed E-state index contributed by atoms with van der Waals surface area (Å²) in [4.78, 5) is 2.09. The van der Waals surface area contributed by atoms with Crippen molar-refractivity contribution in [1.29, 1.82) is 0 Å². The molecule has 0 aromatic heterocycles. The largest absolute Gasteiger partial charge is 0.573 e. The Balaban J connectivity index is 1.37. The van der Waals surface area contributed by atoms with Crippen LogP contribution in [0.25, 0.3) is 0 Å². The van der Waals surface area contributed by atoms with Crippen LogP contribution in [0.5, 0.6) is 11.5 Å². The molecule has 0 radical (unpaired) electrons. The maximum atomic E-state index is 13.0. The van der Waals surface area contributed by atoms with Crippen LogP contribution in [0, 0.1) is 5.92 Å². The van der Waals surface area contributed by atoms with Crippen molar-refractivity contribution in [3.63, 3.8) is 0 Å². The summed E-state index contributed by atoms with van der Waals surface area (Å²) >= 11 is 0. The Kier molecular flexibility index (Phi) is 7.75. The Morgan fingerprint density at radius 1 is 0.972 bits per heavy atom. The molecular weight excluding hydrogens is 488 g/mol. The third kappa shape index (κ3) is 6.26. The van der Waals surface area contributed by atoms with Gasteiger partial charge in [-0.3, -0.25) is 0 Å². The Labute approximate surface area is 205 Å². The van der Waals surface area contributed by atoms with Crippen LogP contribution in [0.3, 0.4) is 0 Å². The lowest BCUT2D eigenvalue weighted by Crippen LogP contribution is -2.52. The number of aliphatic hydroxyl groups is 1. The van der Waals surface area contributed by atoms with Gasteiger partial charge in [0.2, 0.25) is 0 Å². The summed E-state index contributed by atoms with van der Waals surface area (Å²) in [5.74, 6) is 0.200. The van der Waals surface area contributed by atoms with E-state index in [4.69, 9.17) is 4.74 Å². The number of likely N-dealkylation sites (tertiary alicyclic amines) is 1. The zero-order valence-corrected chi connectivity index (χ0v) is 19.6. The summed E-state index contributed by atoms with van der Waals surface area (Å²) in [6, 6.07) is 10.6. The molecule has 1 unspecified atom stereocenters. The van der Waals surface area contributed by atoms with Crippen molar-refractivity contribution < 1.29 is 40.9 Å². The second kappa shape index (κ2) is 10.5. The highest BCUT2D eigenvalue weighted by Gasteiger charge is 2.48. The molecule has 2 aromatic rings. The molecule has 2 aromatic carbocycles. The molecule has 1 aliphatic heterocycles. The first-order valence-electron chi connectivity index (χ1n) is 12.0. The smallest absolute Gasteiger partial charge is 0.493 e. The quantitative estimate of drug-likeness (QED) is 0.425. The van der Waals surface area contributed by atoms with Gasteiger partial charge in [-0.2, -0.15) is 13.2 Å². The lowest BCUT2D eigenvalue weighted by atomic mass is 9.60. The number of hydrogen-bond acceptors (Lipinski definition) is 4. The monoisotopic (exact) mass is 517 g/mol. The number of hydrogen-bond donors (Lipinski definition) is 1. The maximum absolute atomic E-state index is 13.0. The highest BCUT2D eigenvalue weighted by atomic mass is 19.4. The Morgan fingerprint density at radius 3 is 2.28 bits per heavy atom. The van der Waals surface area contributed by atoms with Gasteiger partial charge < -0.3 is 19.5 Å². The molecular formula is C26H29F6NO3. The number of para-hydroxylation sites is 1. The number of aliphatic hydroxyl groups excluding tert-OH is 1. The Hall–Kier alpha value is -2.46. The van der Waals surface area contributed by atoms with Gasteiger partial charge in [0.05, 0.1) is 18.3 Å². The first kappa shape index (κ1) is 26.6. The van der Waals surface area contributed by atoms with Crippen LogP contribution in [0.2, 0.25) is 0 Å². The molecule has 10 heteroatoms. The lowest BCUT2D eigenvalue weighted by Gasteiger charge is -2.48. The molecule has 4 rings (SSSR count). The van der Waals surface area contributed by atoms with Gasteiger partial charge in [0.1, 0.15) is 11.5 Å². The van der Waals surface area contributed by atoms with Gasteiger partial charge in [0, 0.05) is 30.0 Å². The van der Waals surface area contributed by atoms with Gasteiger partial charge in [-0.1, -0.05) is 24.6 Å². The van der Waals surface area contributed by atoms with Crippen LogP contribution in [0.4, 0.5) is 26.3 Å². The third-order valence-electron chi connectivity index (χ3n) is 7.23. The predicted octanol–water partition coefficient (Wildman–Crippen LogP) is 6.18. The van der Waals surface area contributed by atoms with Crippen molar-refractivity contribution in [2.45, 2.75) is 56.2 Å². The van der Waals surface area contributed by atoms with Crippen LogP contribution in [0.15, 0.2) is 48.5 Å². The zero-order valence-electron chi connectivity index (χ0n) is 19.6.